The van der Waals surface area contributed by atoms with Crippen LogP contribution >= 0.6 is 11.8 Å². The zero-order chi connectivity index (χ0) is 16.0. The van der Waals surface area contributed by atoms with Crippen molar-refractivity contribution in [1.29, 1.82) is 0 Å². The Kier molecular flexibility index (Phi) is 11.2. The van der Waals surface area contributed by atoms with Gasteiger partial charge >= 0.3 is 35.7 Å². The Balaban J connectivity index is 0. The van der Waals surface area contributed by atoms with Gasteiger partial charge in [-0.1, -0.05) is 11.8 Å². The van der Waals surface area contributed by atoms with Crippen molar-refractivity contribution in [2.24, 2.45) is 0 Å². The van der Waals surface area contributed by atoms with Gasteiger partial charge in [0.05, 0.1) is 10.1 Å². The molecule has 0 rings (SSSR count). The summed E-state index contributed by atoms with van der Waals surface area (Å²) in [4.78, 5) is 22.5. The number of nitrogens with one attached hydrogen (secondary N) is 1. The molecule has 0 aliphatic heterocycles. The fourth-order valence-corrected chi connectivity index (χ4v) is 2.44. The smallest absolute Gasteiger partial charge is 0.748 e. The van der Waals surface area contributed by atoms with E-state index in [1.165, 1.54) is 6.92 Å². The van der Waals surface area contributed by atoms with Gasteiger partial charge in [0.1, 0.15) is 5.60 Å². The van der Waals surface area contributed by atoms with E-state index in [-0.39, 0.29) is 46.8 Å². The largest absolute Gasteiger partial charge is 1.00 e. The zero-order valence-corrected chi connectivity index (χ0v) is 16.6. The first-order chi connectivity index (χ1) is 8.89. The fourth-order valence-electron chi connectivity index (χ4n) is 1.18. The van der Waals surface area contributed by atoms with Gasteiger partial charge in [0.25, 0.3) is 0 Å². The molecule has 0 aromatic heterocycles. The molecule has 7 nitrogen and oxygen atoms in total. The molecule has 0 heterocycles. The van der Waals surface area contributed by atoms with Crippen LogP contribution < -0.4 is 34.9 Å². The van der Waals surface area contributed by atoms with E-state index >= 15 is 0 Å². The molecule has 0 aromatic carbocycles. The van der Waals surface area contributed by atoms with Crippen molar-refractivity contribution in [2.45, 2.75) is 45.8 Å². The van der Waals surface area contributed by atoms with E-state index in [9.17, 15) is 22.6 Å². The summed E-state index contributed by atoms with van der Waals surface area (Å²) in [7, 11) is -4.36. The number of carbonyl (C=O) groups is 2. The summed E-state index contributed by atoms with van der Waals surface area (Å²) in [6.45, 7) is 6.43. The molecule has 0 aliphatic rings. The monoisotopic (exact) mass is 349 g/mol. The third-order valence-electron chi connectivity index (χ3n) is 1.92. The van der Waals surface area contributed by atoms with E-state index in [1.807, 2.05) is 0 Å². The van der Waals surface area contributed by atoms with Gasteiger partial charge in [-0.25, -0.2) is 13.2 Å². The van der Waals surface area contributed by atoms with E-state index < -0.39 is 33.6 Å². The molecule has 0 bridgehead atoms. The molecule has 1 atom stereocenters. The zero-order valence-electron chi connectivity index (χ0n) is 13.0. The summed E-state index contributed by atoms with van der Waals surface area (Å²) in [5.74, 6) is -0.421. The molecule has 10 heteroatoms. The van der Waals surface area contributed by atoms with Crippen LogP contribution in [0.4, 0.5) is 4.79 Å². The maximum atomic E-state index is 11.6. The Morgan fingerprint density at radius 3 is 2.24 bits per heavy atom. The quantitative estimate of drug-likeness (QED) is 0.440. The summed E-state index contributed by atoms with van der Waals surface area (Å²) in [5, 5.41) is 2.30. The topological polar surface area (TPSA) is 113 Å². The van der Waals surface area contributed by atoms with Crippen molar-refractivity contribution in [3.8, 4) is 0 Å². The molecule has 0 radical (unpaired) electrons. The maximum Gasteiger partial charge on any atom is 1.00 e. The van der Waals surface area contributed by atoms with Crippen LogP contribution in [0, 0.1) is 0 Å². The molecule has 0 fully saturated rings. The Labute approximate surface area is 152 Å². The van der Waals surface area contributed by atoms with Crippen molar-refractivity contribution in [3.05, 3.63) is 0 Å². The summed E-state index contributed by atoms with van der Waals surface area (Å²) in [5.41, 5.74) is -0.688. The predicted molar refractivity (Wildman–Crippen MR) is 75.5 cm³/mol. The number of ether oxygens (including phenoxy) is 1. The number of amides is 1. The van der Waals surface area contributed by atoms with Crippen molar-refractivity contribution in [2.75, 3.05) is 11.5 Å². The third-order valence-corrected chi connectivity index (χ3v) is 3.64. The van der Waals surface area contributed by atoms with Gasteiger partial charge in [-0.05, 0) is 27.2 Å². The molecule has 0 saturated carbocycles. The average molecular weight is 349 g/mol. The van der Waals surface area contributed by atoms with Gasteiger partial charge in [0.2, 0.25) is 0 Å². The molecule has 1 N–H and O–H groups in total. The summed E-state index contributed by atoms with van der Waals surface area (Å²) in [6.07, 6.45) is -0.777. The maximum absolute atomic E-state index is 11.6. The molecular formula is C11H20NNaO6S2. The number of rotatable bonds is 6. The number of hydrogen-bond donors (Lipinski definition) is 1. The third kappa shape index (κ3) is 16.4. The second kappa shape index (κ2) is 10.1. The average Bonchev–Trinajstić information content (AvgIpc) is 2.17. The first-order valence-corrected chi connectivity index (χ1v) is 8.52. The van der Waals surface area contributed by atoms with Crippen molar-refractivity contribution >= 4 is 33.1 Å². The normalized spacial score (nSPS) is 13.0. The Morgan fingerprint density at radius 2 is 1.86 bits per heavy atom. The minimum atomic E-state index is -4.36. The van der Waals surface area contributed by atoms with Gasteiger partial charge in [0.15, 0.2) is 5.12 Å². The SMILES string of the molecule is CC(=O)SCC(CCS(=O)(=O)[O-])NC(=O)OC(C)(C)C.[Na+]. The molecule has 1 amide bonds. The van der Waals surface area contributed by atoms with Crippen LogP contribution in [0.15, 0.2) is 0 Å². The summed E-state index contributed by atoms with van der Waals surface area (Å²) in [6, 6.07) is -0.623. The molecule has 0 aliphatic carbocycles. The van der Waals surface area contributed by atoms with E-state index in [0.29, 0.717) is 0 Å². The number of carbonyl (C=O) groups excluding carboxylic acids is 2. The van der Waals surface area contributed by atoms with Gasteiger partial charge in [-0.3, -0.25) is 4.79 Å². The fraction of sp³-hybridized carbons (Fsp3) is 0.818. The van der Waals surface area contributed by atoms with Gasteiger partial charge in [-0.15, -0.1) is 0 Å². The van der Waals surface area contributed by atoms with Crippen LogP contribution in [-0.2, 0) is 19.6 Å². The van der Waals surface area contributed by atoms with Gasteiger partial charge in [-0.2, -0.15) is 0 Å². The number of alkyl carbamates (subject to hydrolysis) is 1. The molecule has 0 saturated heterocycles. The van der Waals surface area contributed by atoms with Crippen LogP contribution in [0.2, 0.25) is 0 Å². The molecular weight excluding hydrogens is 329 g/mol. The summed E-state index contributed by atoms with van der Waals surface area (Å²) >= 11 is 0.944. The molecule has 0 aromatic rings. The Bertz CT molecular complexity index is 446. The first-order valence-electron chi connectivity index (χ1n) is 5.95. The Hall–Kier alpha value is 0.200. The van der Waals surface area contributed by atoms with E-state index in [2.05, 4.69) is 5.32 Å². The molecule has 118 valence electrons. The van der Waals surface area contributed by atoms with E-state index in [0.717, 1.165) is 11.8 Å². The second-order valence-electron chi connectivity index (χ2n) is 5.20. The predicted octanol–water partition coefficient (Wildman–Crippen LogP) is -1.90. The van der Waals surface area contributed by atoms with E-state index in [1.54, 1.807) is 20.8 Å². The minimum absolute atomic E-state index is 0. The first kappa shape index (κ1) is 23.5. The Morgan fingerprint density at radius 1 is 1.33 bits per heavy atom. The standard InChI is InChI=1S/C11H21NO6S2.Na/c1-8(13)19-7-9(5-6-20(15,16)17)12-10(14)18-11(2,3)4;/h9H,5-7H2,1-4H3,(H,12,14)(H,15,16,17);/q;+1/p-1. The second-order valence-corrected chi connectivity index (χ2v) is 7.92. The number of hydrogen-bond acceptors (Lipinski definition) is 7. The molecule has 21 heavy (non-hydrogen) atoms. The minimum Gasteiger partial charge on any atom is -0.748 e. The van der Waals surface area contributed by atoms with Crippen LogP contribution in [0.1, 0.15) is 34.1 Å². The van der Waals surface area contributed by atoms with Gasteiger partial charge < -0.3 is 14.6 Å². The van der Waals surface area contributed by atoms with E-state index in [4.69, 9.17) is 4.74 Å². The van der Waals surface area contributed by atoms with Crippen LogP contribution in [0.3, 0.4) is 0 Å². The van der Waals surface area contributed by atoms with Crippen molar-refractivity contribution in [3.63, 3.8) is 0 Å². The van der Waals surface area contributed by atoms with Crippen molar-refractivity contribution < 1.29 is 56.9 Å². The van der Waals surface area contributed by atoms with Crippen LogP contribution in [0.5, 0.6) is 0 Å². The van der Waals surface area contributed by atoms with Crippen molar-refractivity contribution in [1.82, 2.24) is 5.32 Å². The van der Waals surface area contributed by atoms with Crippen LogP contribution in [-0.4, -0.2) is 47.3 Å². The summed E-state index contributed by atoms with van der Waals surface area (Å²) < 4.78 is 36.9. The molecule has 1 unspecified atom stereocenters. The number of thioether (sulfide) groups is 1. The van der Waals surface area contributed by atoms with Crippen LogP contribution in [0.25, 0.3) is 0 Å². The van der Waals surface area contributed by atoms with Gasteiger partial charge in [0, 0.05) is 24.5 Å². The molecule has 0 spiro atoms.